The number of nitrogens with one attached hydrogen (secondary N) is 1. The molecule has 0 radical (unpaired) electrons. The minimum absolute atomic E-state index is 0.00935. The zero-order chi connectivity index (χ0) is 15.6. The van der Waals surface area contributed by atoms with E-state index >= 15 is 0 Å². The lowest BCUT2D eigenvalue weighted by Gasteiger charge is -2.09. The van der Waals surface area contributed by atoms with Crippen LogP contribution in [0.25, 0.3) is 11.1 Å². The van der Waals surface area contributed by atoms with Crippen LogP contribution in [0.1, 0.15) is 10.4 Å². The summed E-state index contributed by atoms with van der Waals surface area (Å²) in [4.78, 5) is 21.9. The number of nitro groups is 1. The smallest absolute Gasteiger partial charge is 0.270 e. The molecule has 0 bridgehead atoms. The molecule has 0 aliphatic heterocycles. The number of rotatable bonds is 3. The molecule has 0 aliphatic carbocycles. The first-order chi connectivity index (χ1) is 9.93. The Morgan fingerprint density at radius 3 is 2.38 bits per heavy atom. The second-order valence-corrected chi connectivity index (χ2v) is 4.19. The van der Waals surface area contributed by atoms with Gasteiger partial charge in [-0.3, -0.25) is 14.9 Å². The number of hydrogen-bond donors (Lipinski definition) is 1. The predicted molar refractivity (Wildman–Crippen MR) is 71.8 cm³/mol. The van der Waals surface area contributed by atoms with E-state index in [1.165, 1.54) is 19.2 Å². The number of halogens is 2. The van der Waals surface area contributed by atoms with Crippen LogP contribution in [-0.2, 0) is 0 Å². The molecule has 2 aromatic rings. The van der Waals surface area contributed by atoms with Gasteiger partial charge < -0.3 is 5.32 Å². The van der Waals surface area contributed by atoms with Gasteiger partial charge in [-0.05, 0) is 23.8 Å². The van der Waals surface area contributed by atoms with Crippen LogP contribution in [0.2, 0.25) is 0 Å². The van der Waals surface area contributed by atoms with Gasteiger partial charge in [0.25, 0.3) is 11.6 Å². The molecule has 5 nitrogen and oxygen atoms in total. The molecule has 0 heterocycles. The molecule has 0 saturated carbocycles. The SMILES string of the molecule is CNC(=O)c1cc([N+](=O)[O-])ccc1-c1ccc(F)cc1F. The van der Waals surface area contributed by atoms with Gasteiger partial charge in [0.2, 0.25) is 0 Å². The van der Waals surface area contributed by atoms with Crippen molar-refractivity contribution in [2.24, 2.45) is 0 Å². The lowest BCUT2D eigenvalue weighted by molar-refractivity contribution is -0.384. The van der Waals surface area contributed by atoms with Gasteiger partial charge in [0.1, 0.15) is 11.6 Å². The summed E-state index contributed by atoms with van der Waals surface area (Å²) >= 11 is 0. The van der Waals surface area contributed by atoms with Crippen LogP contribution in [0.5, 0.6) is 0 Å². The zero-order valence-electron chi connectivity index (χ0n) is 10.9. The number of benzene rings is 2. The van der Waals surface area contributed by atoms with Gasteiger partial charge >= 0.3 is 0 Å². The molecule has 2 aromatic carbocycles. The Bertz CT molecular complexity index is 732. The number of amides is 1. The van der Waals surface area contributed by atoms with Crippen LogP contribution in [-0.4, -0.2) is 17.9 Å². The molecule has 7 heteroatoms. The molecule has 108 valence electrons. The van der Waals surface area contributed by atoms with Crippen molar-refractivity contribution in [2.75, 3.05) is 7.05 Å². The molecule has 0 atom stereocenters. The molecule has 21 heavy (non-hydrogen) atoms. The average molecular weight is 292 g/mol. The third kappa shape index (κ3) is 2.86. The summed E-state index contributed by atoms with van der Waals surface area (Å²) in [5.74, 6) is -2.20. The zero-order valence-corrected chi connectivity index (χ0v) is 10.9. The molecular weight excluding hydrogens is 282 g/mol. The molecule has 0 unspecified atom stereocenters. The van der Waals surface area contributed by atoms with Crippen molar-refractivity contribution in [1.29, 1.82) is 0 Å². The Morgan fingerprint density at radius 1 is 1.14 bits per heavy atom. The maximum atomic E-state index is 13.8. The fourth-order valence-corrected chi connectivity index (χ4v) is 1.91. The Hall–Kier alpha value is -2.83. The molecule has 0 spiro atoms. The van der Waals surface area contributed by atoms with E-state index in [1.807, 2.05) is 0 Å². The third-order valence-electron chi connectivity index (χ3n) is 2.91. The van der Waals surface area contributed by atoms with E-state index in [4.69, 9.17) is 0 Å². The monoisotopic (exact) mass is 292 g/mol. The fourth-order valence-electron chi connectivity index (χ4n) is 1.91. The van der Waals surface area contributed by atoms with Gasteiger partial charge in [-0.15, -0.1) is 0 Å². The number of non-ortho nitro benzene ring substituents is 1. The van der Waals surface area contributed by atoms with Crippen LogP contribution in [0.3, 0.4) is 0 Å². The highest BCUT2D eigenvalue weighted by molar-refractivity contribution is 6.01. The van der Waals surface area contributed by atoms with Gasteiger partial charge in [0, 0.05) is 30.8 Å². The minimum atomic E-state index is -0.853. The van der Waals surface area contributed by atoms with Crippen molar-refractivity contribution < 1.29 is 18.5 Å². The standard InChI is InChI=1S/C14H10F2N2O3/c1-17-14(19)12-7-9(18(20)21)3-5-10(12)11-4-2-8(15)6-13(11)16/h2-7H,1H3,(H,17,19). The number of nitrogens with zero attached hydrogens (tertiary/aromatic N) is 1. The van der Waals surface area contributed by atoms with E-state index in [2.05, 4.69) is 5.32 Å². The average Bonchev–Trinajstić information content (AvgIpc) is 2.46. The summed E-state index contributed by atoms with van der Waals surface area (Å²) in [5.41, 5.74) is -0.209. The largest absolute Gasteiger partial charge is 0.355 e. The molecule has 1 amide bonds. The van der Waals surface area contributed by atoms with Crippen molar-refractivity contribution in [3.05, 3.63) is 63.7 Å². The third-order valence-corrected chi connectivity index (χ3v) is 2.91. The van der Waals surface area contributed by atoms with Gasteiger partial charge in [-0.1, -0.05) is 0 Å². The van der Waals surface area contributed by atoms with Crippen molar-refractivity contribution in [1.82, 2.24) is 5.32 Å². The molecule has 2 rings (SSSR count). The fraction of sp³-hybridized carbons (Fsp3) is 0.0714. The topological polar surface area (TPSA) is 72.2 Å². The van der Waals surface area contributed by atoms with Crippen LogP contribution in [0, 0.1) is 21.7 Å². The van der Waals surface area contributed by atoms with Crippen LogP contribution >= 0.6 is 0 Å². The van der Waals surface area contributed by atoms with Gasteiger partial charge in [-0.25, -0.2) is 8.78 Å². The quantitative estimate of drug-likeness (QED) is 0.698. The Labute approximate surface area is 118 Å². The van der Waals surface area contributed by atoms with Crippen molar-refractivity contribution in [3.63, 3.8) is 0 Å². The van der Waals surface area contributed by atoms with Crippen molar-refractivity contribution >= 4 is 11.6 Å². The van der Waals surface area contributed by atoms with E-state index < -0.39 is 22.5 Å². The second kappa shape index (κ2) is 5.66. The molecule has 0 aromatic heterocycles. The predicted octanol–water partition coefficient (Wildman–Crippen LogP) is 2.90. The molecule has 0 saturated heterocycles. The van der Waals surface area contributed by atoms with Crippen LogP contribution < -0.4 is 5.32 Å². The number of nitro benzene ring substituents is 1. The number of hydrogen-bond acceptors (Lipinski definition) is 3. The summed E-state index contributed by atoms with van der Waals surface area (Å²) < 4.78 is 26.8. The molecule has 0 aliphatic rings. The first-order valence-corrected chi connectivity index (χ1v) is 5.90. The Morgan fingerprint density at radius 2 is 1.81 bits per heavy atom. The first-order valence-electron chi connectivity index (χ1n) is 5.90. The van der Waals surface area contributed by atoms with Gasteiger partial charge in [-0.2, -0.15) is 0 Å². The van der Waals surface area contributed by atoms with Crippen molar-refractivity contribution in [3.8, 4) is 11.1 Å². The lowest BCUT2D eigenvalue weighted by Crippen LogP contribution is -2.19. The van der Waals surface area contributed by atoms with E-state index in [0.29, 0.717) is 6.07 Å². The maximum Gasteiger partial charge on any atom is 0.270 e. The molecular formula is C14H10F2N2O3. The minimum Gasteiger partial charge on any atom is -0.355 e. The first kappa shape index (κ1) is 14.6. The summed E-state index contributed by atoms with van der Waals surface area (Å²) in [5, 5.41) is 13.1. The second-order valence-electron chi connectivity index (χ2n) is 4.19. The lowest BCUT2D eigenvalue weighted by atomic mass is 9.98. The molecule has 1 N–H and O–H groups in total. The normalized spacial score (nSPS) is 10.2. The van der Waals surface area contributed by atoms with Gasteiger partial charge in [0.15, 0.2) is 0 Å². The van der Waals surface area contributed by atoms with Crippen molar-refractivity contribution in [2.45, 2.75) is 0 Å². The highest BCUT2D eigenvalue weighted by Gasteiger charge is 2.19. The summed E-state index contributed by atoms with van der Waals surface area (Å²) in [6.07, 6.45) is 0. The summed E-state index contributed by atoms with van der Waals surface area (Å²) in [6, 6.07) is 6.39. The summed E-state index contributed by atoms with van der Waals surface area (Å²) in [6.45, 7) is 0. The Balaban J connectivity index is 2.67. The van der Waals surface area contributed by atoms with Gasteiger partial charge in [0.05, 0.1) is 10.5 Å². The maximum absolute atomic E-state index is 13.8. The van der Waals surface area contributed by atoms with Crippen LogP contribution in [0.15, 0.2) is 36.4 Å². The summed E-state index contributed by atoms with van der Waals surface area (Å²) in [7, 11) is 1.35. The Kier molecular flexibility index (Phi) is 3.93. The van der Waals surface area contributed by atoms with E-state index in [0.717, 1.165) is 18.2 Å². The van der Waals surface area contributed by atoms with E-state index in [1.54, 1.807) is 0 Å². The highest BCUT2D eigenvalue weighted by atomic mass is 19.1. The van der Waals surface area contributed by atoms with E-state index in [9.17, 15) is 23.7 Å². The molecule has 0 fully saturated rings. The van der Waals surface area contributed by atoms with Crippen LogP contribution in [0.4, 0.5) is 14.5 Å². The number of carbonyl (C=O) groups is 1. The van der Waals surface area contributed by atoms with E-state index in [-0.39, 0.29) is 22.4 Å². The number of carbonyl (C=O) groups excluding carboxylic acids is 1. The highest BCUT2D eigenvalue weighted by Crippen LogP contribution is 2.29.